The number of amides is 2. The van der Waals surface area contributed by atoms with Gasteiger partial charge in [0.2, 0.25) is 5.91 Å². The fourth-order valence-corrected chi connectivity index (χ4v) is 5.89. The van der Waals surface area contributed by atoms with Gasteiger partial charge in [0.25, 0.3) is 5.91 Å². The molecule has 0 aromatic heterocycles. The summed E-state index contributed by atoms with van der Waals surface area (Å²) in [5.74, 6) is 1.33. The van der Waals surface area contributed by atoms with Crippen molar-refractivity contribution < 1.29 is 23.8 Å². The van der Waals surface area contributed by atoms with Crippen molar-refractivity contribution in [1.29, 1.82) is 0 Å². The van der Waals surface area contributed by atoms with Crippen molar-refractivity contribution >= 4 is 23.8 Å². The van der Waals surface area contributed by atoms with E-state index < -0.39 is 0 Å². The molecule has 2 amide bonds. The monoisotopic (exact) mass is 516 g/mol. The first-order chi connectivity index (χ1) is 18.5. The van der Waals surface area contributed by atoms with Crippen LogP contribution in [-0.4, -0.2) is 55.6 Å². The normalized spacial score (nSPS) is 27.3. The zero-order valence-electron chi connectivity index (χ0n) is 21.4. The van der Waals surface area contributed by atoms with Crippen LogP contribution in [0.3, 0.4) is 0 Å². The average molecular weight is 517 g/mol. The van der Waals surface area contributed by atoms with E-state index in [0.29, 0.717) is 44.0 Å². The molecule has 3 unspecified atom stereocenters. The summed E-state index contributed by atoms with van der Waals surface area (Å²) in [5.41, 5.74) is 9.56. The first-order valence-electron chi connectivity index (χ1n) is 13.2. The molecule has 7 rings (SSSR count). The van der Waals surface area contributed by atoms with E-state index in [1.165, 1.54) is 0 Å². The number of carbonyl (C=O) groups excluding carboxylic acids is 2. The Balaban J connectivity index is 1.44. The zero-order valence-corrected chi connectivity index (χ0v) is 21.4. The summed E-state index contributed by atoms with van der Waals surface area (Å²) in [6.07, 6.45) is 6.51. The van der Waals surface area contributed by atoms with E-state index in [1.54, 1.807) is 24.1 Å². The SMILES string of the molecule is COCC1COc2ccc3cc2C1NC(=O)c1ccc2c(c1)[C@@H](CCO2)N1C(=O)CC(CC/C=C/3)N=C1N. The highest BCUT2D eigenvalue weighted by atomic mass is 16.5. The van der Waals surface area contributed by atoms with Gasteiger partial charge in [-0.05, 0) is 48.7 Å². The Morgan fingerprint density at radius 3 is 2.79 bits per heavy atom. The molecular formula is C29H32N4O5. The van der Waals surface area contributed by atoms with Crippen LogP contribution in [0, 0.1) is 5.92 Å². The minimum atomic E-state index is -0.338. The molecule has 0 fully saturated rings. The molecule has 198 valence electrons. The Morgan fingerprint density at radius 2 is 1.95 bits per heavy atom. The third kappa shape index (κ3) is 4.51. The number of carbonyl (C=O) groups is 2. The van der Waals surface area contributed by atoms with Crippen LogP contribution in [0.2, 0.25) is 0 Å². The predicted molar refractivity (Wildman–Crippen MR) is 142 cm³/mol. The lowest BCUT2D eigenvalue weighted by atomic mass is 9.89. The van der Waals surface area contributed by atoms with Gasteiger partial charge in [-0.2, -0.15) is 0 Å². The Labute approximate surface area is 221 Å². The highest BCUT2D eigenvalue weighted by Crippen LogP contribution is 2.40. The van der Waals surface area contributed by atoms with Gasteiger partial charge in [-0.3, -0.25) is 14.5 Å². The standard InChI is InChI=1S/C29H32N4O5/c1-36-15-19-16-38-25-8-6-17-4-2-3-5-20-14-26(34)33(29(30)31-20)23-10-11-37-24-9-7-18(13-21(23)24)28(35)32-27(19)22(25)12-17/h2,4,6-9,12-13,19-20,23,27H,3,5,10-11,14-16H2,1H3,(H2,30,31)(H,32,35)/b4-2+/t19?,20?,23-,27?/m1/s1. The number of aliphatic imine (C=N–C) groups is 1. The number of ether oxygens (including phenoxy) is 3. The van der Waals surface area contributed by atoms with Crippen LogP contribution in [0.15, 0.2) is 47.5 Å². The van der Waals surface area contributed by atoms with E-state index in [2.05, 4.69) is 28.5 Å². The van der Waals surface area contributed by atoms with Gasteiger partial charge in [0.1, 0.15) is 11.5 Å². The van der Waals surface area contributed by atoms with Crippen LogP contribution in [0.4, 0.5) is 0 Å². The summed E-state index contributed by atoms with van der Waals surface area (Å²) in [5, 5.41) is 3.24. The van der Waals surface area contributed by atoms with E-state index in [9.17, 15) is 9.59 Å². The second-order valence-corrected chi connectivity index (χ2v) is 10.3. The Bertz CT molecular complexity index is 1320. The summed E-state index contributed by atoms with van der Waals surface area (Å²) in [6, 6.07) is 10.6. The maximum absolute atomic E-state index is 13.7. The summed E-state index contributed by atoms with van der Waals surface area (Å²) in [6.45, 7) is 1.34. The molecule has 5 heterocycles. The Morgan fingerprint density at radius 1 is 1.11 bits per heavy atom. The van der Waals surface area contributed by atoms with E-state index in [-0.39, 0.29) is 41.8 Å². The summed E-state index contributed by atoms with van der Waals surface area (Å²) in [7, 11) is 1.65. The van der Waals surface area contributed by atoms with E-state index in [1.807, 2.05) is 18.2 Å². The zero-order chi connectivity index (χ0) is 26.2. The van der Waals surface area contributed by atoms with Crippen molar-refractivity contribution in [2.45, 2.75) is 43.8 Å². The molecule has 38 heavy (non-hydrogen) atoms. The van der Waals surface area contributed by atoms with Crippen molar-refractivity contribution in [3.05, 3.63) is 64.7 Å². The van der Waals surface area contributed by atoms with Crippen molar-refractivity contribution in [2.24, 2.45) is 16.6 Å². The smallest absolute Gasteiger partial charge is 0.251 e. The lowest BCUT2D eigenvalue weighted by Gasteiger charge is -2.38. The van der Waals surface area contributed by atoms with E-state index in [4.69, 9.17) is 19.9 Å². The third-order valence-electron chi connectivity index (χ3n) is 7.77. The molecule has 0 radical (unpaired) electrons. The molecule has 6 bridgehead atoms. The Kier molecular flexibility index (Phi) is 6.53. The van der Waals surface area contributed by atoms with Crippen LogP contribution in [-0.2, 0) is 9.53 Å². The van der Waals surface area contributed by atoms with Gasteiger partial charge >= 0.3 is 0 Å². The molecule has 0 saturated carbocycles. The predicted octanol–water partition coefficient (Wildman–Crippen LogP) is 3.36. The van der Waals surface area contributed by atoms with Gasteiger partial charge in [0.05, 0.1) is 37.9 Å². The number of methoxy groups -OCH3 is 1. The number of hydrogen-bond donors (Lipinski definition) is 2. The van der Waals surface area contributed by atoms with Crippen molar-refractivity contribution in [3.63, 3.8) is 0 Å². The van der Waals surface area contributed by atoms with Crippen LogP contribution < -0.4 is 20.5 Å². The average Bonchev–Trinajstić information content (AvgIpc) is 2.91. The fourth-order valence-electron chi connectivity index (χ4n) is 5.89. The minimum Gasteiger partial charge on any atom is -0.493 e. The molecule has 5 aliphatic heterocycles. The highest BCUT2D eigenvalue weighted by Gasteiger charge is 2.37. The molecule has 2 aromatic rings. The van der Waals surface area contributed by atoms with Crippen LogP contribution in [0.5, 0.6) is 11.5 Å². The van der Waals surface area contributed by atoms with Gasteiger partial charge in [-0.15, -0.1) is 0 Å². The highest BCUT2D eigenvalue weighted by molar-refractivity contribution is 5.99. The third-order valence-corrected chi connectivity index (χ3v) is 7.77. The van der Waals surface area contributed by atoms with Crippen molar-refractivity contribution in [2.75, 3.05) is 26.9 Å². The van der Waals surface area contributed by atoms with Gasteiger partial charge in [0, 0.05) is 42.6 Å². The van der Waals surface area contributed by atoms with Gasteiger partial charge < -0.3 is 25.3 Å². The molecule has 0 aliphatic carbocycles. The number of fused-ring (bicyclic) bond motifs is 4. The number of guanidine groups is 1. The first kappa shape index (κ1) is 24.5. The largest absolute Gasteiger partial charge is 0.493 e. The molecule has 5 aliphatic rings. The maximum atomic E-state index is 13.7. The first-order valence-corrected chi connectivity index (χ1v) is 13.2. The van der Waals surface area contributed by atoms with Crippen LogP contribution >= 0.6 is 0 Å². The van der Waals surface area contributed by atoms with Crippen LogP contribution in [0.25, 0.3) is 6.08 Å². The summed E-state index contributed by atoms with van der Waals surface area (Å²) < 4.78 is 17.4. The molecule has 9 nitrogen and oxygen atoms in total. The fraction of sp³-hybridized carbons (Fsp3) is 0.414. The molecule has 0 saturated heterocycles. The second kappa shape index (κ2) is 10.1. The van der Waals surface area contributed by atoms with E-state index >= 15 is 0 Å². The topological polar surface area (TPSA) is 115 Å². The van der Waals surface area contributed by atoms with Crippen LogP contribution in [0.1, 0.15) is 64.8 Å². The number of rotatable bonds is 2. The van der Waals surface area contributed by atoms with Gasteiger partial charge in [-0.25, -0.2) is 4.99 Å². The molecule has 0 spiro atoms. The van der Waals surface area contributed by atoms with E-state index in [0.717, 1.165) is 35.3 Å². The summed E-state index contributed by atoms with van der Waals surface area (Å²) in [4.78, 5) is 33.2. The molecular weight excluding hydrogens is 484 g/mol. The molecule has 3 N–H and O–H groups in total. The lowest BCUT2D eigenvalue weighted by Crippen LogP contribution is -2.50. The molecule has 4 atom stereocenters. The maximum Gasteiger partial charge on any atom is 0.251 e. The number of benzene rings is 2. The minimum absolute atomic E-state index is 0.0505. The summed E-state index contributed by atoms with van der Waals surface area (Å²) >= 11 is 0. The molecule has 9 heteroatoms. The van der Waals surface area contributed by atoms with Gasteiger partial charge in [0.15, 0.2) is 5.96 Å². The van der Waals surface area contributed by atoms with Crippen molar-refractivity contribution in [3.8, 4) is 11.5 Å². The van der Waals surface area contributed by atoms with Crippen molar-refractivity contribution in [1.82, 2.24) is 10.2 Å². The Hall–Kier alpha value is -3.85. The number of allylic oxidation sites excluding steroid dienone is 1. The second-order valence-electron chi connectivity index (χ2n) is 10.3. The number of nitrogens with two attached hydrogens (primary N) is 1. The number of hydrogen-bond acceptors (Lipinski definition) is 7. The number of nitrogens with one attached hydrogen (secondary N) is 1. The molecule has 2 aromatic carbocycles. The quantitative estimate of drug-likeness (QED) is 0.633. The van der Waals surface area contributed by atoms with Gasteiger partial charge in [-0.1, -0.05) is 18.2 Å². The number of nitrogens with zero attached hydrogens (tertiary/aromatic N) is 2. The lowest BCUT2D eigenvalue weighted by molar-refractivity contribution is -0.130.